The Labute approximate surface area is 189 Å². The number of rotatable bonds is 6. The molecule has 4 nitrogen and oxygen atoms in total. The number of hydrogen-bond donors (Lipinski definition) is 2. The standard InChI is InChI=1S/C28H30N2O2/c1-3-19-11-13-30(26(16-19)21-6-8-22(9-7-21)28(31)32)17-25-23(15-20-4-5-20)14-18(2)27-24(25)10-12-29-27/h1,6-10,12,14,19-20,26,29H,4-5,11,13,15-17H2,2H3,(H,31,32). The summed E-state index contributed by atoms with van der Waals surface area (Å²) in [6.45, 7) is 4.03. The molecule has 1 aliphatic heterocycles. The Morgan fingerprint density at radius 1 is 1.22 bits per heavy atom. The molecular weight excluding hydrogens is 396 g/mol. The van der Waals surface area contributed by atoms with Gasteiger partial charge in [0.15, 0.2) is 0 Å². The Morgan fingerprint density at radius 2 is 2.00 bits per heavy atom. The van der Waals surface area contributed by atoms with E-state index in [2.05, 4.69) is 41.1 Å². The van der Waals surface area contributed by atoms with Crippen molar-refractivity contribution in [3.63, 3.8) is 0 Å². The van der Waals surface area contributed by atoms with Crippen molar-refractivity contribution in [1.82, 2.24) is 9.88 Å². The van der Waals surface area contributed by atoms with Gasteiger partial charge in [-0.1, -0.05) is 18.2 Å². The molecule has 0 spiro atoms. The molecule has 2 aliphatic rings. The van der Waals surface area contributed by atoms with Gasteiger partial charge in [-0.15, -0.1) is 12.3 Å². The number of likely N-dealkylation sites (tertiary alicyclic amines) is 1. The largest absolute Gasteiger partial charge is 0.478 e. The van der Waals surface area contributed by atoms with Crippen molar-refractivity contribution in [2.24, 2.45) is 11.8 Å². The molecule has 1 saturated carbocycles. The Kier molecular flexibility index (Phi) is 5.53. The van der Waals surface area contributed by atoms with Crippen molar-refractivity contribution in [1.29, 1.82) is 0 Å². The summed E-state index contributed by atoms with van der Waals surface area (Å²) in [4.78, 5) is 17.3. The van der Waals surface area contributed by atoms with E-state index in [1.165, 1.54) is 40.4 Å². The van der Waals surface area contributed by atoms with E-state index in [-0.39, 0.29) is 12.0 Å². The van der Waals surface area contributed by atoms with Gasteiger partial charge in [-0.25, -0.2) is 4.79 Å². The second kappa shape index (κ2) is 8.48. The number of aromatic carboxylic acids is 1. The first-order valence-corrected chi connectivity index (χ1v) is 11.7. The van der Waals surface area contributed by atoms with Crippen LogP contribution in [-0.4, -0.2) is 27.5 Å². The third-order valence-corrected chi connectivity index (χ3v) is 7.30. The maximum Gasteiger partial charge on any atom is 0.335 e. The van der Waals surface area contributed by atoms with Crippen LogP contribution >= 0.6 is 0 Å². The fourth-order valence-corrected chi connectivity index (χ4v) is 5.29. The number of carboxylic acid groups (broad SMARTS) is 1. The van der Waals surface area contributed by atoms with Crippen molar-refractivity contribution in [3.8, 4) is 12.3 Å². The molecule has 2 atom stereocenters. The molecular formula is C28H30N2O2. The number of aromatic nitrogens is 1. The molecule has 2 unspecified atom stereocenters. The monoisotopic (exact) mass is 426 g/mol. The number of hydrogen-bond acceptors (Lipinski definition) is 2. The minimum absolute atomic E-state index is 0.191. The average Bonchev–Trinajstić information content (AvgIpc) is 3.47. The van der Waals surface area contributed by atoms with E-state index < -0.39 is 5.97 Å². The fourth-order valence-electron chi connectivity index (χ4n) is 5.29. The molecule has 1 saturated heterocycles. The highest BCUT2D eigenvalue weighted by Crippen LogP contribution is 2.39. The summed E-state index contributed by atoms with van der Waals surface area (Å²) >= 11 is 0. The normalized spacial score (nSPS) is 21.5. The molecule has 2 aromatic carbocycles. The lowest BCUT2D eigenvalue weighted by Crippen LogP contribution is -2.36. The third-order valence-electron chi connectivity index (χ3n) is 7.30. The number of H-pyrrole nitrogens is 1. The van der Waals surface area contributed by atoms with Crippen LogP contribution in [0, 0.1) is 31.1 Å². The van der Waals surface area contributed by atoms with Crippen LogP contribution in [-0.2, 0) is 13.0 Å². The lowest BCUT2D eigenvalue weighted by atomic mass is 9.86. The van der Waals surface area contributed by atoms with Crippen LogP contribution in [0.2, 0.25) is 0 Å². The van der Waals surface area contributed by atoms with Gasteiger partial charge >= 0.3 is 5.97 Å². The number of aryl methyl sites for hydroxylation is 1. The van der Waals surface area contributed by atoms with Crippen molar-refractivity contribution in [3.05, 3.63) is 70.4 Å². The minimum Gasteiger partial charge on any atom is -0.478 e. The summed E-state index contributed by atoms with van der Waals surface area (Å²) in [5.74, 6) is 3.17. The van der Waals surface area contributed by atoms with Gasteiger partial charge in [-0.3, -0.25) is 4.90 Å². The van der Waals surface area contributed by atoms with E-state index in [0.29, 0.717) is 5.56 Å². The second-order valence-corrected chi connectivity index (χ2v) is 9.55. The first kappa shape index (κ1) is 20.8. The van der Waals surface area contributed by atoms with Crippen LogP contribution in [0.15, 0.2) is 42.6 Å². The number of aromatic amines is 1. The number of nitrogens with zero attached hydrogens (tertiary/aromatic N) is 1. The maximum absolute atomic E-state index is 11.3. The topological polar surface area (TPSA) is 56.3 Å². The molecule has 2 heterocycles. The molecule has 3 aromatic rings. The van der Waals surface area contributed by atoms with Crippen LogP contribution in [0.4, 0.5) is 0 Å². The molecule has 32 heavy (non-hydrogen) atoms. The predicted octanol–water partition coefficient (Wildman–Crippen LogP) is 5.71. The van der Waals surface area contributed by atoms with Crippen LogP contribution in [0.1, 0.15) is 64.3 Å². The van der Waals surface area contributed by atoms with Gasteiger partial charge in [0.25, 0.3) is 0 Å². The molecule has 164 valence electrons. The van der Waals surface area contributed by atoms with Gasteiger partial charge in [0.2, 0.25) is 0 Å². The maximum atomic E-state index is 11.3. The Hall–Kier alpha value is -3.03. The second-order valence-electron chi connectivity index (χ2n) is 9.55. The number of carbonyl (C=O) groups is 1. The van der Waals surface area contributed by atoms with E-state index in [1.807, 2.05) is 12.1 Å². The highest BCUT2D eigenvalue weighted by molar-refractivity contribution is 5.88. The molecule has 0 bridgehead atoms. The van der Waals surface area contributed by atoms with Gasteiger partial charge in [0.1, 0.15) is 0 Å². The van der Waals surface area contributed by atoms with Crippen molar-refractivity contribution in [2.45, 2.75) is 51.6 Å². The summed E-state index contributed by atoms with van der Waals surface area (Å²) in [7, 11) is 0. The van der Waals surface area contributed by atoms with Gasteiger partial charge in [-0.05, 0) is 85.4 Å². The van der Waals surface area contributed by atoms with E-state index in [9.17, 15) is 9.90 Å². The predicted molar refractivity (Wildman–Crippen MR) is 128 cm³/mol. The Morgan fingerprint density at radius 3 is 2.69 bits per heavy atom. The highest BCUT2D eigenvalue weighted by atomic mass is 16.4. The van der Waals surface area contributed by atoms with Crippen LogP contribution < -0.4 is 0 Å². The first-order chi connectivity index (χ1) is 15.5. The summed E-state index contributed by atoms with van der Waals surface area (Å²) in [6, 6.07) is 12.2. The Balaban J connectivity index is 1.50. The van der Waals surface area contributed by atoms with E-state index in [0.717, 1.165) is 43.8 Å². The zero-order valence-corrected chi connectivity index (χ0v) is 18.6. The number of benzene rings is 2. The summed E-state index contributed by atoms with van der Waals surface area (Å²) in [5.41, 5.74) is 6.94. The lowest BCUT2D eigenvalue weighted by molar-refractivity contribution is 0.0696. The zero-order valence-electron chi connectivity index (χ0n) is 18.6. The highest BCUT2D eigenvalue weighted by Gasteiger charge is 2.31. The molecule has 1 aromatic heterocycles. The summed E-state index contributed by atoms with van der Waals surface area (Å²) in [6.07, 6.45) is 13.6. The number of nitrogens with one attached hydrogen (secondary N) is 1. The first-order valence-electron chi connectivity index (χ1n) is 11.7. The smallest absolute Gasteiger partial charge is 0.335 e. The number of fused-ring (bicyclic) bond motifs is 1. The molecule has 5 rings (SSSR count). The zero-order chi connectivity index (χ0) is 22.2. The van der Waals surface area contributed by atoms with Gasteiger partial charge in [0, 0.05) is 42.1 Å². The third kappa shape index (κ3) is 4.06. The molecule has 2 N–H and O–H groups in total. The van der Waals surface area contributed by atoms with Gasteiger partial charge in [0.05, 0.1) is 5.56 Å². The Bertz CT molecular complexity index is 1180. The van der Waals surface area contributed by atoms with Crippen LogP contribution in [0.3, 0.4) is 0 Å². The quantitative estimate of drug-likeness (QED) is 0.496. The van der Waals surface area contributed by atoms with Crippen molar-refractivity contribution in [2.75, 3.05) is 6.54 Å². The summed E-state index contributed by atoms with van der Waals surface area (Å²) < 4.78 is 0. The number of piperidine rings is 1. The minimum atomic E-state index is -0.891. The van der Waals surface area contributed by atoms with E-state index in [4.69, 9.17) is 6.42 Å². The molecule has 4 heteroatoms. The van der Waals surface area contributed by atoms with E-state index >= 15 is 0 Å². The fraction of sp³-hybridized carbons (Fsp3) is 0.393. The average molecular weight is 427 g/mol. The van der Waals surface area contributed by atoms with Gasteiger partial charge < -0.3 is 10.1 Å². The van der Waals surface area contributed by atoms with Crippen molar-refractivity contribution >= 4 is 16.9 Å². The lowest BCUT2D eigenvalue weighted by Gasteiger charge is -2.39. The summed E-state index contributed by atoms with van der Waals surface area (Å²) in [5, 5.41) is 10.6. The molecule has 1 aliphatic carbocycles. The SMILES string of the molecule is C#CC1CCN(Cc2c(CC3CC3)cc(C)c3[nH]ccc23)C(c2ccc(C(=O)O)cc2)C1. The van der Waals surface area contributed by atoms with Gasteiger partial charge in [-0.2, -0.15) is 0 Å². The number of carboxylic acids is 1. The van der Waals surface area contributed by atoms with Crippen molar-refractivity contribution < 1.29 is 9.90 Å². The molecule has 0 amide bonds. The molecule has 0 radical (unpaired) electrons. The van der Waals surface area contributed by atoms with E-state index in [1.54, 1.807) is 12.1 Å². The number of terminal acetylenes is 1. The van der Waals surface area contributed by atoms with Crippen LogP contribution in [0.5, 0.6) is 0 Å². The van der Waals surface area contributed by atoms with Crippen LogP contribution in [0.25, 0.3) is 10.9 Å². The molecule has 2 fully saturated rings.